The van der Waals surface area contributed by atoms with Gasteiger partial charge < -0.3 is 14.9 Å². The average Bonchev–Trinajstić information content (AvgIpc) is 3.09. The summed E-state index contributed by atoms with van der Waals surface area (Å²) in [6.45, 7) is 0.763. The molecule has 3 atom stereocenters. The Balaban J connectivity index is 1.60. The van der Waals surface area contributed by atoms with Crippen LogP contribution in [0.2, 0.25) is 0 Å². The standard InChI is InChI=1S/C13H22O3/c14-11(9-2-3-9)12(15)10-4-7-16-13(8-10)5-1-6-13/h9-12,14-15H,1-8H2. The van der Waals surface area contributed by atoms with Gasteiger partial charge in [0.2, 0.25) is 0 Å². The zero-order valence-corrected chi connectivity index (χ0v) is 9.77. The van der Waals surface area contributed by atoms with Gasteiger partial charge in [-0.1, -0.05) is 0 Å². The molecule has 2 saturated carbocycles. The molecule has 0 bridgehead atoms. The van der Waals surface area contributed by atoms with Gasteiger partial charge >= 0.3 is 0 Å². The molecule has 3 aliphatic rings. The number of aliphatic hydroxyl groups is 2. The van der Waals surface area contributed by atoms with Gasteiger partial charge in [0.15, 0.2) is 0 Å². The van der Waals surface area contributed by atoms with E-state index in [1.807, 2.05) is 0 Å². The monoisotopic (exact) mass is 226 g/mol. The average molecular weight is 226 g/mol. The van der Waals surface area contributed by atoms with Crippen LogP contribution in [-0.2, 0) is 4.74 Å². The van der Waals surface area contributed by atoms with Crippen LogP contribution in [0.15, 0.2) is 0 Å². The summed E-state index contributed by atoms with van der Waals surface area (Å²) in [5.41, 5.74) is 0.0766. The van der Waals surface area contributed by atoms with Crippen molar-refractivity contribution >= 4 is 0 Å². The maximum absolute atomic E-state index is 10.2. The topological polar surface area (TPSA) is 49.7 Å². The highest BCUT2D eigenvalue weighted by atomic mass is 16.5. The molecule has 1 saturated heterocycles. The van der Waals surface area contributed by atoms with E-state index in [4.69, 9.17) is 4.74 Å². The molecule has 1 spiro atoms. The summed E-state index contributed by atoms with van der Waals surface area (Å²) in [6, 6.07) is 0. The maximum atomic E-state index is 10.2. The van der Waals surface area contributed by atoms with Crippen LogP contribution in [-0.4, -0.2) is 34.6 Å². The summed E-state index contributed by atoms with van der Waals surface area (Å²) in [4.78, 5) is 0. The minimum Gasteiger partial charge on any atom is -0.390 e. The van der Waals surface area contributed by atoms with Gasteiger partial charge in [-0.3, -0.25) is 0 Å². The van der Waals surface area contributed by atoms with Crippen molar-refractivity contribution in [3.8, 4) is 0 Å². The van der Waals surface area contributed by atoms with Crippen molar-refractivity contribution in [2.75, 3.05) is 6.61 Å². The largest absolute Gasteiger partial charge is 0.390 e. The summed E-state index contributed by atoms with van der Waals surface area (Å²) in [5.74, 6) is 0.625. The molecule has 92 valence electrons. The Morgan fingerprint density at radius 1 is 1.00 bits per heavy atom. The lowest BCUT2D eigenvalue weighted by Gasteiger charge is -2.48. The highest BCUT2D eigenvalue weighted by Crippen LogP contribution is 2.46. The molecular weight excluding hydrogens is 204 g/mol. The normalized spacial score (nSPS) is 36.8. The van der Waals surface area contributed by atoms with Crippen LogP contribution < -0.4 is 0 Å². The van der Waals surface area contributed by atoms with Gasteiger partial charge in [0.05, 0.1) is 17.8 Å². The number of aliphatic hydroxyl groups excluding tert-OH is 2. The first-order valence-corrected chi connectivity index (χ1v) is 6.70. The van der Waals surface area contributed by atoms with Crippen molar-refractivity contribution in [1.29, 1.82) is 0 Å². The van der Waals surface area contributed by atoms with Crippen LogP contribution >= 0.6 is 0 Å². The van der Waals surface area contributed by atoms with E-state index in [0.717, 1.165) is 45.1 Å². The smallest absolute Gasteiger partial charge is 0.0831 e. The van der Waals surface area contributed by atoms with E-state index >= 15 is 0 Å². The fraction of sp³-hybridized carbons (Fsp3) is 1.00. The Morgan fingerprint density at radius 2 is 1.69 bits per heavy atom. The molecule has 2 aliphatic carbocycles. The molecule has 2 N–H and O–H groups in total. The van der Waals surface area contributed by atoms with E-state index < -0.39 is 12.2 Å². The van der Waals surface area contributed by atoms with Crippen LogP contribution in [0.4, 0.5) is 0 Å². The van der Waals surface area contributed by atoms with E-state index in [0.29, 0.717) is 5.92 Å². The van der Waals surface area contributed by atoms with Crippen LogP contribution in [0.5, 0.6) is 0 Å². The Kier molecular flexibility index (Phi) is 2.73. The molecule has 3 rings (SSSR count). The van der Waals surface area contributed by atoms with Gasteiger partial charge in [-0.15, -0.1) is 0 Å². The molecule has 3 unspecified atom stereocenters. The van der Waals surface area contributed by atoms with Crippen LogP contribution in [0.25, 0.3) is 0 Å². The summed E-state index contributed by atoms with van der Waals surface area (Å²) >= 11 is 0. The highest BCUT2D eigenvalue weighted by molar-refractivity contribution is 4.98. The van der Waals surface area contributed by atoms with Gasteiger partial charge in [0, 0.05) is 6.61 Å². The Hall–Kier alpha value is -0.120. The Bertz CT molecular complexity index is 258. The fourth-order valence-electron chi connectivity index (χ4n) is 3.27. The minimum absolute atomic E-state index is 0.0766. The second-order valence-electron chi connectivity index (χ2n) is 5.96. The number of hydrogen-bond acceptors (Lipinski definition) is 3. The molecule has 1 aliphatic heterocycles. The van der Waals surface area contributed by atoms with Gasteiger partial charge in [-0.25, -0.2) is 0 Å². The first-order valence-electron chi connectivity index (χ1n) is 6.70. The Morgan fingerprint density at radius 3 is 2.25 bits per heavy atom. The lowest BCUT2D eigenvalue weighted by atomic mass is 9.70. The summed E-state index contributed by atoms with van der Waals surface area (Å²) in [5, 5.41) is 20.2. The molecule has 0 aromatic heterocycles. The van der Waals surface area contributed by atoms with Gasteiger partial charge in [-0.2, -0.15) is 0 Å². The van der Waals surface area contributed by atoms with E-state index in [9.17, 15) is 10.2 Å². The van der Waals surface area contributed by atoms with E-state index in [1.54, 1.807) is 0 Å². The van der Waals surface area contributed by atoms with Gasteiger partial charge in [0.25, 0.3) is 0 Å². The van der Waals surface area contributed by atoms with E-state index in [2.05, 4.69) is 0 Å². The van der Waals surface area contributed by atoms with Crippen molar-refractivity contribution in [2.45, 2.75) is 62.8 Å². The van der Waals surface area contributed by atoms with Crippen molar-refractivity contribution in [1.82, 2.24) is 0 Å². The third kappa shape index (κ3) is 1.89. The van der Waals surface area contributed by atoms with E-state index in [-0.39, 0.29) is 11.5 Å². The second kappa shape index (κ2) is 3.97. The fourth-order valence-corrected chi connectivity index (χ4v) is 3.27. The zero-order valence-electron chi connectivity index (χ0n) is 9.77. The predicted octanol–water partition coefficient (Wildman–Crippen LogP) is 1.47. The summed E-state index contributed by atoms with van der Waals surface area (Å²) in [7, 11) is 0. The first-order chi connectivity index (χ1) is 7.70. The van der Waals surface area contributed by atoms with Crippen molar-refractivity contribution in [3.05, 3.63) is 0 Å². The highest BCUT2D eigenvalue weighted by Gasteiger charge is 2.46. The number of ether oxygens (including phenoxy) is 1. The number of rotatable bonds is 3. The molecular formula is C13H22O3. The van der Waals surface area contributed by atoms with Crippen LogP contribution in [0.3, 0.4) is 0 Å². The maximum Gasteiger partial charge on any atom is 0.0831 e. The van der Waals surface area contributed by atoms with Crippen LogP contribution in [0.1, 0.15) is 44.9 Å². The quantitative estimate of drug-likeness (QED) is 0.766. The van der Waals surface area contributed by atoms with Gasteiger partial charge in [0.1, 0.15) is 0 Å². The SMILES string of the molecule is OC(C1CC1)C(O)C1CCOC2(CCC2)C1. The molecule has 1 heterocycles. The molecule has 0 aromatic carbocycles. The molecule has 3 nitrogen and oxygen atoms in total. The molecule has 3 fully saturated rings. The first kappa shape index (κ1) is 11.0. The van der Waals surface area contributed by atoms with Gasteiger partial charge in [-0.05, 0) is 56.8 Å². The van der Waals surface area contributed by atoms with Crippen molar-refractivity contribution in [3.63, 3.8) is 0 Å². The zero-order chi connectivity index (χ0) is 11.2. The lowest BCUT2D eigenvalue weighted by molar-refractivity contribution is -0.167. The minimum atomic E-state index is -0.520. The second-order valence-corrected chi connectivity index (χ2v) is 5.96. The van der Waals surface area contributed by atoms with E-state index in [1.165, 1.54) is 6.42 Å². The summed E-state index contributed by atoms with van der Waals surface area (Å²) < 4.78 is 5.84. The third-order valence-electron chi connectivity index (χ3n) is 4.73. The molecule has 3 heteroatoms. The van der Waals surface area contributed by atoms with Crippen molar-refractivity contribution in [2.24, 2.45) is 11.8 Å². The summed E-state index contributed by atoms with van der Waals surface area (Å²) in [6.07, 6.45) is 6.60. The Labute approximate surface area is 96.8 Å². The lowest BCUT2D eigenvalue weighted by Crippen LogP contribution is -2.49. The third-order valence-corrected chi connectivity index (χ3v) is 4.73. The molecule has 0 aromatic rings. The predicted molar refractivity (Wildman–Crippen MR) is 60.0 cm³/mol. The molecule has 0 radical (unpaired) electrons. The molecule has 0 amide bonds. The number of hydrogen-bond donors (Lipinski definition) is 2. The van der Waals surface area contributed by atoms with Crippen LogP contribution in [0, 0.1) is 11.8 Å². The van der Waals surface area contributed by atoms with Crippen molar-refractivity contribution < 1.29 is 14.9 Å². The molecule has 16 heavy (non-hydrogen) atoms.